The Morgan fingerprint density at radius 3 is 1.92 bits per heavy atom. The first-order chi connectivity index (χ1) is 12.1. The average molecular weight is 459 g/mol. The zero-order valence-electron chi connectivity index (χ0n) is 14.1. The Balaban J connectivity index is 1.82. The molecule has 0 spiro atoms. The molecule has 2 unspecified atom stereocenters. The van der Waals surface area contributed by atoms with Crippen LogP contribution in [0.15, 0.2) is 87.8 Å². The molecule has 0 aromatic heterocycles. The second kappa shape index (κ2) is 8.68. The third kappa shape index (κ3) is 5.20. The standard InChI is InChI=1S/C22H21Br2N/c1-16(15-17-7-9-19(23)10-8-17)22(18-5-3-2-4-6-18)25-21-13-11-20(24)12-14-21/h2-14,16,22,25H,15H2,1H3. The van der Waals surface area contributed by atoms with E-state index in [4.69, 9.17) is 0 Å². The number of halogens is 2. The number of rotatable bonds is 6. The molecular formula is C22H21Br2N. The molecule has 0 aliphatic heterocycles. The molecule has 0 amide bonds. The van der Waals surface area contributed by atoms with Crippen molar-refractivity contribution in [2.24, 2.45) is 5.92 Å². The van der Waals surface area contributed by atoms with Gasteiger partial charge in [-0.15, -0.1) is 0 Å². The van der Waals surface area contributed by atoms with Crippen LogP contribution in [-0.2, 0) is 6.42 Å². The van der Waals surface area contributed by atoms with E-state index >= 15 is 0 Å². The highest BCUT2D eigenvalue weighted by Gasteiger charge is 2.19. The van der Waals surface area contributed by atoms with Crippen molar-refractivity contribution in [3.8, 4) is 0 Å². The zero-order chi connectivity index (χ0) is 17.6. The summed E-state index contributed by atoms with van der Waals surface area (Å²) in [5.74, 6) is 0.451. The minimum atomic E-state index is 0.256. The normalized spacial score (nSPS) is 13.2. The summed E-state index contributed by atoms with van der Waals surface area (Å²) in [6, 6.07) is 27.9. The van der Waals surface area contributed by atoms with Crippen LogP contribution >= 0.6 is 31.9 Å². The van der Waals surface area contributed by atoms with E-state index in [1.807, 2.05) is 0 Å². The smallest absolute Gasteiger partial charge is 0.0542 e. The van der Waals surface area contributed by atoms with Gasteiger partial charge in [-0.05, 0) is 59.9 Å². The lowest BCUT2D eigenvalue weighted by Gasteiger charge is -2.27. The molecule has 25 heavy (non-hydrogen) atoms. The predicted octanol–water partition coefficient (Wildman–Crippen LogP) is 7.24. The first-order valence-electron chi connectivity index (χ1n) is 8.43. The quantitative estimate of drug-likeness (QED) is 0.410. The van der Waals surface area contributed by atoms with E-state index in [0.29, 0.717) is 5.92 Å². The summed E-state index contributed by atoms with van der Waals surface area (Å²) in [7, 11) is 0. The Bertz CT molecular complexity index is 783. The van der Waals surface area contributed by atoms with E-state index in [1.54, 1.807) is 0 Å². The molecule has 0 saturated carbocycles. The fourth-order valence-electron chi connectivity index (χ4n) is 3.05. The molecule has 0 heterocycles. The molecule has 2 atom stereocenters. The third-order valence-electron chi connectivity index (χ3n) is 4.37. The minimum absolute atomic E-state index is 0.256. The summed E-state index contributed by atoms with van der Waals surface area (Å²) in [4.78, 5) is 0. The molecule has 3 aromatic rings. The molecule has 0 aliphatic carbocycles. The summed E-state index contributed by atoms with van der Waals surface area (Å²) >= 11 is 7.02. The van der Waals surface area contributed by atoms with Crippen molar-refractivity contribution in [2.75, 3.05) is 5.32 Å². The second-order valence-corrected chi connectivity index (χ2v) is 8.18. The van der Waals surface area contributed by atoms with E-state index in [0.717, 1.165) is 21.1 Å². The molecule has 3 rings (SSSR count). The SMILES string of the molecule is CC(Cc1ccc(Br)cc1)C(Nc1ccc(Br)cc1)c1ccccc1. The molecule has 0 radical (unpaired) electrons. The van der Waals surface area contributed by atoms with Gasteiger partial charge in [0.1, 0.15) is 0 Å². The van der Waals surface area contributed by atoms with E-state index in [9.17, 15) is 0 Å². The Kier molecular flexibility index (Phi) is 6.33. The van der Waals surface area contributed by atoms with Gasteiger partial charge in [0.25, 0.3) is 0 Å². The van der Waals surface area contributed by atoms with Crippen LogP contribution in [0.3, 0.4) is 0 Å². The fraction of sp³-hybridized carbons (Fsp3) is 0.182. The van der Waals surface area contributed by atoms with Crippen LogP contribution in [0.2, 0.25) is 0 Å². The second-order valence-electron chi connectivity index (χ2n) is 6.35. The third-order valence-corrected chi connectivity index (χ3v) is 5.42. The molecule has 0 aliphatic rings. The van der Waals surface area contributed by atoms with Crippen LogP contribution in [0.25, 0.3) is 0 Å². The van der Waals surface area contributed by atoms with Crippen LogP contribution < -0.4 is 5.32 Å². The van der Waals surface area contributed by atoms with E-state index in [2.05, 4.69) is 123 Å². The van der Waals surface area contributed by atoms with Crippen molar-refractivity contribution >= 4 is 37.5 Å². The topological polar surface area (TPSA) is 12.0 Å². The molecule has 3 heteroatoms. The molecule has 0 fully saturated rings. The van der Waals surface area contributed by atoms with Gasteiger partial charge in [0, 0.05) is 14.6 Å². The summed E-state index contributed by atoms with van der Waals surface area (Å²) in [5, 5.41) is 3.72. The van der Waals surface area contributed by atoms with Crippen LogP contribution in [0.5, 0.6) is 0 Å². The van der Waals surface area contributed by atoms with Gasteiger partial charge in [-0.2, -0.15) is 0 Å². The first-order valence-corrected chi connectivity index (χ1v) is 10.0. The van der Waals surface area contributed by atoms with Gasteiger partial charge in [-0.3, -0.25) is 0 Å². The molecule has 0 saturated heterocycles. The molecule has 1 N–H and O–H groups in total. The number of benzene rings is 3. The number of nitrogens with one attached hydrogen (secondary N) is 1. The van der Waals surface area contributed by atoms with Crippen LogP contribution in [0.4, 0.5) is 5.69 Å². The average Bonchev–Trinajstić information content (AvgIpc) is 2.64. The van der Waals surface area contributed by atoms with Crippen molar-refractivity contribution in [3.05, 3.63) is 98.9 Å². The van der Waals surface area contributed by atoms with Crippen molar-refractivity contribution in [2.45, 2.75) is 19.4 Å². The molecule has 0 bridgehead atoms. The van der Waals surface area contributed by atoms with Gasteiger partial charge in [0.05, 0.1) is 6.04 Å². The van der Waals surface area contributed by atoms with E-state index < -0.39 is 0 Å². The maximum Gasteiger partial charge on any atom is 0.0542 e. The molecule has 1 nitrogen and oxygen atoms in total. The highest BCUT2D eigenvalue weighted by atomic mass is 79.9. The molecular weight excluding hydrogens is 438 g/mol. The number of hydrogen-bond donors (Lipinski definition) is 1. The van der Waals surface area contributed by atoms with Crippen molar-refractivity contribution in [3.63, 3.8) is 0 Å². The number of anilines is 1. The van der Waals surface area contributed by atoms with Gasteiger partial charge in [-0.1, -0.05) is 81.2 Å². The van der Waals surface area contributed by atoms with Crippen LogP contribution in [0, 0.1) is 5.92 Å². The summed E-state index contributed by atoms with van der Waals surface area (Å²) in [6.07, 6.45) is 1.02. The highest BCUT2D eigenvalue weighted by molar-refractivity contribution is 9.10. The van der Waals surface area contributed by atoms with Gasteiger partial charge >= 0.3 is 0 Å². The highest BCUT2D eigenvalue weighted by Crippen LogP contribution is 2.30. The predicted molar refractivity (Wildman–Crippen MR) is 114 cm³/mol. The van der Waals surface area contributed by atoms with Crippen LogP contribution in [0.1, 0.15) is 24.1 Å². The largest absolute Gasteiger partial charge is 0.378 e. The van der Waals surface area contributed by atoms with Gasteiger partial charge in [0.2, 0.25) is 0 Å². The van der Waals surface area contributed by atoms with Crippen molar-refractivity contribution in [1.29, 1.82) is 0 Å². The van der Waals surface area contributed by atoms with E-state index in [-0.39, 0.29) is 6.04 Å². The Morgan fingerprint density at radius 2 is 1.32 bits per heavy atom. The van der Waals surface area contributed by atoms with Gasteiger partial charge < -0.3 is 5.32 Å². The Morgan fingerprint density at radius 1 is 0.760 bits per heavy atom. The van der Waals surface area contributed by atoms with Gasteiger partial charge in [0.15, 0.2) is 0 Å². The monoisotopic (exact) mass is 457 g/mol. The minimum Gasteiger partial charge on any atom is -0.378 e. The maximum absolute atomic E-state index is 3.72. The Hall–Kier alpha value is -1.58. The lowest BCUT2D eigenvalue weighted by atomic mass is 9.89. The van der Waals surface area contributed by atoms with Gasteiger partial charge in [-0.25, -0.2) is 0 Å². The molecule has 3 aromatic carbocycles. The fourth-order valence-corrected chi connectivity index (χ4v) is 3.58. The first kappa shape index (κ1) is 18.2. The van der Waals surface area contributed by atoms with Crippen LogP contribution in [-0.4, -0.2) is 0 Å². The Labute approximate surface area is 166 Å². The lowest BCUT2D eigenvalue weighted by molar-refractivity contribution is 0.495. The maximum atomic E-state index is 3.72. The lowest BCUT2D eigenvalue weighted by Crippen LogP contribution is -2.20. The zero-order valence-corrected chi connectivity index (χ0v) is 17.3. The van der Waals surface area contributed by atoms with Crippen molar-refractivity contribution < 1.29 is 0 Å². The summed E-state index contributed by atoms with van der Waals surface area (Å²) in [5.41, 5.74) is 3.81. The van der Waals surface area contributed by atoms with Crippen molar-refractivity contribution in [1.82, 2.24) is 0 Å². The summed E-state index contributed by atoms with van der Waals surface area (Å²) in [6.45, 7) is 2.31. The molecule has 128 valence electrons. The summed E-state index contributed by atoms with van der Waals surface area (Å²) < 4.78 is 2.22. The van der Waals surface area contributed by atoms with E-state index in [1.165, 1.54) is 11.1 Å². The number of hydrogen-bond acceptors (Lipinski definition) is 1.